The van der Waals surface area contributed by atoms with Crippen LogP contribution in [0.1, 0.15) is 52.9 Å². The molecular formula is C15H31N3O. The van der Waals surface area contributed by atoms with Crippen molar-refractivity contribution >= 4 is 5.91 Å². The van der Waals surface area contributed by atoms with Gasteiger partial charge in [0.1, 0.15) is 0 Å². The maximum atomic E-state index is 12.1. The van der Waals surface area contributed by atoms with E-state index in [9.17, 15) is 4.79 Å². The highest BCUT2D eigenvalue weighted by atomic mass is 16.2. The van der Waals surface area contributed by atoms with Gasteiger partial charge in [-0.05, 0) is 31.7 Å². The Hall–Kier alpha value is -0.610. The van der Waals surface area contributed by atoms with Gasteiger partial charge >= 0.3 is 0 Å². The topological polar surface area (TPSA) is 58.4 Å². The Kier molecular flexibility index (Phi) is 6.80. The molecule has 1 fully saturated rings. The molecular weight excluding hydrogens is 238 g/mol. The molecule has 1 rings (SSSR count). The number of amides is 1. The lowest BCUT2D eigenvalue weighted by atomic mass is 9.94. The first-order chi connectivity index (χ1) is 9.04. The summed E-state index contributed by atoms with van der Waals surface area (Å²) in [6.45, 7) is 9.28. The van der Waals surface area contributed by atoms with E-state index in [1.807, 2.05) is 0 Å². The normalized spacial score (nSPS) is 18.2. The van der Waals surface area contributed by atoms with E-state index < -0.39 is 0 Å². The predicted octanol–water partition coefficient (Wildman–Crippen LogP) is 1.74. The average Bonchev–Trinajstić information content (AvgIpc) is 2.86. The smallest absolute Gasteiger partial charge is 0.234 e. The van der Waals surface area contributed by atoms with Crippen molar-refractivity contribution < 1.29 is 4.79 Å². The first kappa shape index (κ1) is 16.4. The summed E-state index contributed by atoms with van der Waals surface area (Å²) >= 11 is 0. The molecule has 0 aromatic heterocycles. The monoisotopic (exact) mass is 269 g/mol. The molecule has 1 saturated carbocycles. The number of hydrogen-bond donors (Lipinski definition) is 2. The number of carbonyl (C=O) groups excluding carboxylic acids is 1. The molecule has 1 amide bonds. The Labute approximate surface area is 118 Å². The van der Waals surface area contributed by atoms with Crippen LogP contribution in [0.5, 0.6) is 0 Å². The van der Waals surface area contributed by atoms with Crippen LogP contribution in [-0.2, 0) is 4.79 Å². The van der Waals surface area contributed by atoms with Crippen molar-refractivity contribution in [2.24, 2.45) is 11.7 Å². The molecule has 3 N–H and O–H groups in total. The molecule has 0 aromatic rings. The van der Waals surface area contributed by atoms with Crippen molar-refractivity contribution in [3.05, 3.63) is 0 Å². The van der Waals surface area contributed by atoms with E-state index >= 15 is 0 Å². The van der Waals surface area contributed by atoms with Crippen LogP contribution in [0.25, 0.3) is 0 Å². The third kappa shape index (κ3) is 4.77. The van der Waals surface area contributed by atoms with Gasteiger partial charge in [0, 0.05) is 18.6 Å². The average molecular weight is 269 g/mol. The van der Waals surface area contributed by atoms with Gasteiger partial charge in [-0.3, -0.25) is 9.69 Å². The number of carbonyl (C=O) groups is 1. The number of nitrogens with two attached hydrogens (primary N) is 1. The van der Waals surface area contributed by atoms with Crippen molar-refractivity contribution in [2.75, 3.05) is 26.2 Å². The van der Waals surface area contributed by atoms with Gasteiger partial charge in [-0.25, -0.2) is 0 Å². The summed E-state index contributed by atoms with van der Waals surface area (Å²) in [5, 5.41) is 3.01. The molecule has 0 saturated heterocycles. The Morgan fingerprint density at radius 2 is 2.00 bits per heavy atom. The van der Waals surface area contributed by atoms with E-state index in [0.29, 0.717) is 19.0 Å². The quantitative estimate of drug-likeness (QED) is 0.706. The molecule has 0 aromatic carbocycles. The number of nitrogens with one attached hydrogen (secondary N) is 1. The second-order valence-electron chi connectivity index (χ2n) is 6.26. The van der Waals surface area contributed by atoms with Gasteiger partial charge in [-0.15, -0.1) is 0 Å². The zero-order chi connectivity index (χ0) is 14.3. The lowest BCUT2D eigenvalue weighted by Crippen LogP contribution is -2.55. The first-order valence-corrected chi connectivity index (χ1v) is 7.76. The van der Waals surface area contributed by atoms with E-state index in [2.05, 4.69) is 31.0 Å². The maximum Gasteiger partial charge on any atom is 0.234 e. The standard InChI is InChI=1S/C15H31N3O/c1-4-9-18(11-14(19)17-10-13(2)3)15(12-16)7-5-6-8-15/h13H,4-12,16H2,1-3H3,(H,17,19). The second-order valence-corrected chi connectivity index (χ2v) is 6.26. The summed E-state index contributed by atoms with van der Waals surface area (Å²) in [4.78, 5) is 14.4. The third-order valence-corrected chi connectivity index (χ3v) is 4.12. The number of rotatable bonds is 8. The zero-order valence-corrected chi connectivity index (χ0v) is 12.9. The van der Waals surface area contributed by atoms with Crippen molar-refractivity contribution in [3.8, 4) is 0 Å². The van der Waals surface area contributed by atoms with Gasteiger partial charge in [-0.1, -0.05) is 33.6 Å². The number of hydrogen-bond acceptors (Lipinski definition) is 3. The lowest BCUT2D eigenvalue weighted by molar-refractivity contribution is -0.124. The van der Waals surface area contributed by atoms with E-state index in [4.69, 9.17) is 5.73 Å². The minimum atomic E-state index is 0.0746. The Balaban J connectivity index is 2.58. The van der Waals surface area contributed by atoms with E-state index in [1.54, 1.807) is 0 Å². The van der Waals surface area contributed by atoms with Crippen molar-refractivity contribution in [1.29, 1.82) is 0 Å². The molecule has 0 aliphatic heterocycles. The highest BCUT2D eigenvalue weighted by Crippen LogP contribution is 2.34. The van der Waals surface area contributed by atoms with Gasteiger partial charge in [0.15, 0.2) is 0 Å². The van der Waals surface area contributed by atoms with E-state index in [0.717, 1.165) is 32.4 Å². The fraction of sp³-hybridized carbons (Fsp3) is 0.933. The minimum absolute atomic E-state index is 0.0746. The maximum absolute atomic E-state index is 12.1. The first-order valence-electron chi connectivity index (χ1n) is 7.76. The predicted molar refractivity (Wildman–Crippen MR) is 80.0 cm³/mol. The summed E-state index contributed by atoms with van der Waals surface area (Å²) in [5.74, 6) is 0.639. The summed E-state index contributed by atoms with van der Waals surface area (Å²) < 4.78 is 0. The van der Waals surface area contributed by atoms with E-state index in [1.165, 1.54) is 12.8 Å². The summed E-state index contributed by atoms with van der Waals surface area (Å²) in [7, 11) is 0. The summed E-state index contributed by atoms with van der Waals surface area (Å²) in [5.41, 5.74) is 6.10. The van der Waals surface area contributed by atoms with Crippen LogP contribution >= 0.6 is 0 Å². The molecule has 0 unspecified atom stereocenters. The van der Waals surface area contributed by atoms with E-state index in [-0.39, 0.29) is 11.4 Å². The molecule has 19 heavy (non-hydrogen) atoms. The highest BCUT2D eigenvalue weighted by Gasteiger charge is 2.38. The van der Waals surface area contributed by atoms with Crippen LogP contribution in [0.4, 0.5) is 0 Å². The van der Waals surface area contributed by atoms with Crippen molar-refractivity contribution in [3.63, 3.8) is 0 Å². The van der Waals surface area contributed by atoms with Crippen LogP contribution in [0, 0.1) is 5.92 Å². The molecule has 1 aliphatic rings. The Morgan fingerprint density at radius 1 is 1.37 bits per heavy atom. The molecule has 0 atom stereocenters. The fourth-order valence-electron chi connectivity index (χ4n) is 2.98. The van der Waals surface area contributed by atoms with Crippen LogP contribution in [0.15, 0.2) is 0 Å². The van der Waals surface area contributed by atoms with Gasteiger partial charge < -0.3 is 11.1 Å². The van der Waals surface area contributed by atoms with Crippen LogP contribution in [0.3, 0.4) is 0 Å². The second kappa shape index (κ2) is 7.85. The largest absolute Gasteiger partial charge is 0.355 e. The van der Waals surface area contributed by atoms with Gasteiger partial charge in [0.05, 0.1) is 6.54 Å². The molecule has 0 radical (unpaired) electrons. The molecule has 0 bridgehead atoms. The van der Waals surface area contributed by atoms with Gasteiger partial charge in [0.25, 0.3) is 0 Å². The molecule has 1 aliphatic carbocycles. The highest BCUT2D eigenvalue weighted by molar-refractivity contribution is 5.78. The van der Waals surface area contributed by atoms with Crippen LogP contribution in [0.2, 0.25) is 0 Å². The minimum Gasteiger partial charge on any atom is -0.355 e. The van der Waals surface area contributed by atoms with Crippen LogP contribution in [-0.4, -0.2) is 42.5 Å². The number of nitrogens with zero attached hydrogens (tertiary/aromatic N) is 1. The SMILES string of the molecule is CCCN(CC(=O)NCC(C)C)C1(CN)CCCC1. The molecule has 112 valence electrons. The van der Waals surface area contributed by atoms with Crippen LogP contribution < -0.4 is 11.1 Å². The molecule has 0 heterocycles. The summed E-state index contributed by atoms with van der Waals surface area (Å²) in [6, 6.07) is 0. The van der Waals surface area contributed by atoms with Gasteiger partial charge in [-0.2, -0.15) is 0 Å². The Morgan fingerprint density at radius 3 is 2.47 bits per heavy atom. The van der Waals surface area contributed by atoms with Gasteiger partial charge in [0.2, 0.25) is 5.91 Å². The Bertz CT molecular complexity index is 273. The zero-order valence-electron chi connectivity index (χ0n) is 12.9. The fourth-order valence-corrected chi connectivity index (χ4v) is 2.98. The molecule has 4 heteroatoms. The molecule has 4 nitrogen and oxygen atoms in total. The summed E-state index contributed by atoms with van der Waals surface area (Å²) in [6.07, 6.45) is 5.83. The van der Waals surface area contributed by atoms with Crippen molar-refractivity contribution in [1.82, 2.24) is 10.2 Å². The third-order valence-electron chi connectivity index (χ3n) is 4.12. The molecule has 0 spiro atoms. The lowest BCUT2D eigenvalue weighted by Gasteiger charge is -2.40. The van der Waals surface area contributed by atoms with Crippen molar-refractivity contribution in [2.45, 2.75) is 58.4 Å².